The highest BCUT2D eigenvalue weighted by Crippen LogP contribution is 2.39. The number of aromatic hydroxyl groups is 1. The predicted molar refractivity (Wildman–Crippen MR) is 71.5 cm³/mol. The molecule has 1 aliphatic rings. The van der Waals surface area contributed by atoms with Crippen LogP contribution < -0.4 is 9.47 Å². The summed E-state index contributed by atoms with van der Waals surface area (Å²) in [7, 11) is -2.67. The molecular weight excluding hydrogens is 296 g/mol. The first kappa shape index (κ1) is 13.4. The van der Waals surface area contributed by atoms with E-state index in [1.54, 1.807) is 6.07 Å². The van der Waals surface area contributed by atoms with Gasteiger partial charge in [0.15, 0.2) is 11.5 Å². The maximum atomic E-state index is 12.7. The van der Waals surface area contributed by atoms with Gasteiger partial charge in [0.05, 0.1) is 17.6 Å². The molecule has 108 valence electrons. The summed E-state index contributed by atoms with van der Waals surface area (Å²) in [4.78, 5) is 11.7. The second-order valence-corrected chi connectivity index (χ2v) is 6.25. The van der Waals surface area contributed by atoms with Gasteiger partial charge in [0.1, 0.15) is 10.6 Å². The lowest BCUT2D eigenvalue weighted by Gasteiger charge is -2.09. The summed E-state index contributed by atoms with van der Waals surface area (Å²) in [6.45, 7) is 0. The molecule has 0 atom stereocenters. The van der Waals surface area contributed by atoms with Crippen molar-refractivity contribution in [1.82, 2.24) is 0 Å². The van der Waals surface area contributed by atoms with Crippen molar-refractivity contribution < 1.29 is 27.8 Å². The first-order valence-electron chi connectivity index (χ1n) is 5.92. The van der Waals surface area contributed by atoms with Crippen LogP contribution in [0.25, 0.3) is 0 Å². The van der Waals surface area contributed by atoms with Gasteiger partial charge in [0.2, 0.25) is 9.84 Å². The van der Waals surface area contributed by atoms with Crippen molar-refractivity contribution >= 4 is 15.8 Å². The van der Waals surface area contributed by atoms with Gasteiger partial charge in [0, 0.05) is 6.07 Å². The van der Waals surface area contributed by atoms with Crippen LogP contribution in [0.1, 0.15) is 10.4 Å². The molecule has 0 unspecified atom stereocenters. The van der Waals surface area contributed by atoms with E-state index in [4.69, 9.17) is 9.47 Å². The van der Waals surface area contributed by atoms with Gasteiger partial charge in [0.25, 0.3) is 0 Å². The van der Waals surface area contributed by atoms with Crippen LogP contribution in [0.4, 0.5) is 0 Å². The molecule has 0 saturated heterocycles. The molecule has 0 spiro atoms. The number of carbonyl (C=O) groups excluding carboxylic acids is 1. The summed E-state index contributed by atoms with van der Waals surface area (Å²) in [6, 6.07) is 7.99. The fourth-order valence-corrected chi connectivity index (χ4v) is 3.69. The lowest BCUT2D eigenvalue weighted by atomic mass is 10.2. The fraction of sp³-hybridized carbons (Fsp3) is 0.0714. The van der Waals surface area contributed by atoms with E-state index in [2.05, 4.69) is 0 Å². The summed E-state index contributed by atoms with van der Waals surface area (Å²) in [5.74, 6) is -1.27. The van der Waals surface area contributed by atoms with Crippen molar-refractivity contribution in [2.75, 3.05) is 7.11 Å². The van der Waals surface area contributed by atoms with Crippen LogP contribution in [-0.4, -0.2) is 26.6 Å². The van der Waals surface area contributed by atoms with Gasteiger partial charge >= 0.3 is 5.97 Å². The number of ether oxygens (including phenoxy) is 2. The van der Waals surface area contributed by atoms with Crippen molar-refractivity contribution in [3.63, 3.8) is 0 Å². The van der Waals surface area contributed by atoms with E-state index < -0.39 is 15.8 Å². The lowest BCUT2D eigenvalue weighted by Crippen LogP contribution is -2.09. The predicted octanol–water partition coefficient (Wildman–Crippen LogP) is 1.77. The summed E-state index contributed by atoms with van der Waals surface area (Å²) >= 11 is 0. The molecular formula is C14H10O6S. The van der Waals surface area contributed by atoms with Crippen LogP contribution in [0.15, 0.2) is 46.2 Å². The molecule has 0 bridgehead atoms. The number of hydrogen-bond acceptors (Lipinski definition) is 6. The lowest BCUT2D eigenvalue weighted by molar-refractivity contribution is 0.0728. The zero-order valence-electron chi connectivity index (χ0n) is 10.9. The number of rotatable bonds is 1. The number of sulfone groups is 1. The van der Waals surface area contributed by atoms with Crippen molar-refractivity contribution in [2.24, 2.45) is 0 Å². The summed E-state index contributed by atoms with van der Waals surface area (Å²) in [5, 5.41) is 9.74. The zero-order valence-corrected chi connectivity index (χ0v) is 11.7. The number of esters is 1. The molecule has 6 nitrogen and oxygen atoms in total. The third-order valence-corrected chi connectivity index (χ3v) is 4.96. The van der Waals surface area contributed by atoms with Gasteiger partial charge in [-0.1, -0.05) is 12.1 Å². The van der Waals surface area contributed by atoms with Crippen molar-refractivity contribution in [3.05, 3.63) is 42.0 Å². The SMILES string of the molecule is COc1cc2c(cc1O)C(=O)Oc1ccccc1S2(=O)=O. The average molecular weight is 306 g/mol. The summed E-state index contributed by atoms with van der Waals surface area (Å²) in [6.07, 6.45) is 0. The van der Waals surface area contributed by atoms with Crippen LogP contribution in [0.5, 0.6) is 17.2 Å². The Morgan fingerprint density at radius 2 is 1.86 bits per heavy atom. The highest BCUT2D eigenvalue weighted by atomic mass is 32.2. The standard InChI is InChI=1S/C14H10O6S/c1-19-11-7-13-8(6-9(11)15)14(16)20-10-4-2-3-5-12(10)21(13,17)18/h2-7,15H,1H3. The highest BCUT2D eigenvalue weighted by molar-refractivity contribution is 7.91. The molecule has 0 fully saturated rings. The van der Waals surface area contributed by atoms with E-state index in [-0.39, 0.29) is 32.6 Å². The highest BCUT2D eigenvalue weighted by Gasteiger charge is 2.34. The molecule has 2 aromatic carbocycles. The van der Waals surface area contributed by atoms with Gasteiger partial charge < -0.3 is 14.6 Å². The van der Waals surface area contributed by atoms with E-state index in [1.807, 2.05) is 0 Å². The average Bonchev–Trinajstić information content (AvgIpc) is 2.53. The molecule has 2 aromatic rings. The molecule has 0 saturated carbocycles. The summed E-state index contributed by atoms with van der Waals surface area (Å²) in [5.41, 5.74) is -0.232. The normalized spacial score (nSPS) is 15.4. The number of phenolic OH excluding ortho intramolecular Hbond substituents is 1. The Hall–Kier alpha value is -2.54. The number of hydrogen-bond donors (Lipinski definition) is 1. The summed E-state index contributed by atoms with van der Waals surface area (Å²) < 4.78 is 35.3. The van der Waals surface area contributed by atoms with Crippen LogP contribution in [-0.2, 0) is 9.84 Å². The van der Waals surface area contributed by atoms with Gasteiger partial charge in [-0.25, -0.2) is 13.2 Å². The van der Waals surface area contributed by atoms with Gasteiger partial charge in [-0.15, -0.1) is 0 Å². The van der Waals surface area contributed by atoms with Crippen LogP contribution in [0.3, 0.4) is 0 Å². The minimum absolute atomic E-state index is 0.0375. The van der Waals surface area contributed by atoms with E-state index in [0.29, 0.717) is 0 Å². The number of carbonyl (C=O) groups is 1. The molecule has 0 radical (unpaired) electrons. The number of para-hydroxylation sites is 1. The fourth-order valence-electron chi connectivity index (χ4n) is 2.12. The van der Waals surface area contributed by atoms with Gasteiger partial charge in [-0.3, -0.25) is 0 Å². The van der Waals surface area contributed by atoms with E-state index in [9.17, 15) is 18.3 Å². The van der Waals surface area contributed by atoms with Crippen molar-refractivity contribution in [2.45, 2.75) is 9.79 Å². The topological polar surface area (TPSA) is 89.9 Å². The quantitative estimate of drug-likeness (QED) is 0.638. The smallest absolute Gasteiger partial charge is 0.345 e. The first-order chi connectivity index (χ1) is 9.95. The zero-order chi connectivity index (χ0) is 15.2. The monoisotopic (exact) mass is 306 g/mol. The molecule has 7 heteroatoms. The van der Waals surface area contributed by atoms with Gasteiger partial charge in [-0.2, -0.15) is 0 Å². The van der Waals surface area contributed by atoms with Crippen LogP contribution in [0, 0.1) is 0 Å². The first-order valence-corrected chi connectivity index (χ1v) is 7.41. The maximum absolute atomic E-state index is 12.7. The molecule has 0 aromatic heterocycles. The number of fused-ring (bicyclic) bond motifs is 2. The second-order valence-electron chi connectivity index (χ2n) is 4.36. The second kappa shape index (κ2) is 4.49. The Kier molecular flexibility index (Phi) is 2.87. The number of benzene rings is 2. The van der Waals surface area contributed by atoms with Crippen LogP contribution in [0.2, 0.25) is 0 Å². The van der Waals surface area contributed by atoms with Crippen LogP contribution >= 0.6 is 0 Å². The molecule has 1 N–H and O–H groups in total. The molecule has 3 rings (SSSR count). The number of phenols is 1. The Bertz CT molecular complexity index is 854. The molecule has 1 aliphatic heterocycles. The van der Waals surface area contributed by atoms with Crippen molar-refractivity contribution in [1.29, 1.82) is 0 Å². The molecule has 0 aliphatic carbocycles. The molecule has 0 amide bonds. The Labute approximate surface area is 120 Å². The third kappa shape index (κ3) is 1.93. The minimum Gasteiger partial charge on any atom is -0.504 e. The Morgan fingerprint density at radius 3 is 2.57 bits per heavy atom. The Balaban J connectivity index is 2.40. The minimum atomic E-state index is -3.96. The largest absolute Gasteiger partial charge is 0.504 e. The Morgan fingerprint density at radius 1 is 1.14 bits per heavy atom. The molecule has 1 heterocycles. The maximum Gasteiger partial charge on any atom is 0.345 e. The third-order valence-electron chi connectivity index (χ3n) is 3.13. The van der Waals surface area contributed by atoms with E-state index in [1.165, 1.54) is 25.3 Å². The van der Waals surface area contributed by atoms with E-state index >= 15 is 0 Å². The van der Waals surface area contributed by atoms with Gasteiger partial charge in [-0.05, 0) is 18.2 Å². The molecule has 21 heavy (non-hydrogen) atoms. The number of methoxy groups -OCH3 is 1. The van der Waals surface area contributed by atoms with Crippen molar-refractivity contribution in [3.8, 4) is 17.2 Å². The van der Waals surface area contributed by atoms with E-state index in [0.717, 1.165) is 12.1 Å².